The Hall–Kier alpha value is -3.52. The van der Waals surface area contributed by atoms with E-state index >= 15 is 0 Å². The number of amides is 1. The number of carbonyl (C=O) groups excluding carboxylic acids is 2. The molecule has 32 heavy (non-hydrogen) atoms. The first-order valence-corrected chi connectivity index (χ1v) is 11.1. The first-order chi connectivity index (χ1) is 15.5. The first-order valence-electron chi connectivity index (χ1n) is 10.2. The summed E-state index contributed by atoms with van der Waals surface area (Å²) in [6, 6.07) is 12.2. The van der Waals surface area contributed by atoms with Crippen molar-refractivity contribution in [3.05, 3.63) is 59.0 Å². The maximum Gasteiger partial charge on any atom is 0.341 e. The molecule has 0 fully saturated rings. The van der Waals surface area contributed by atoms with E-state index in [9.17, 15) is 9.59 Å². The van der Waals surface area contributed by atoms with Crippen molar-refractivity contribution in [3.63, 3.8) is 0 Å². The van der Waals surface area contributed by atoms with Gasteiger partial charge in [0, 0.05) is 16.5 Å². The Kier molecular flexibility index (Phi) is 7.72. The van der Waals surface area contributed by atoms with Crippen LogP contribution in [-0.2, 0) is 4.74 Å². The number of rotatable bonds is 9. The quantitative estimate of drug-likeness (QED) is 0.339. The molecule has 0 radical (unpaired) electrons. The first kappa shape index (κ1) is 23.1. The number of nitrogen functional groups attached to an aromatic ring is 1. The standard InChI is InChI=1S/C24H26N2O5S/c1-4-12-31-20-11-8-16(13-19(20)25)22(27)26-23-21(24(28)30-5-2)18(14-32-23)15-6-9-17(29-3)10-7-15/h6-11,13-14H,4-5,12,25H2,1-3H3,(H,26,27). The second-order valence-electron chi connectivity index (χ2n) is 6.86. The van der Waals surface area contributed by atoms with E-state index in [-0.39, 0.29) is 12.5 Å². The molecule has 3 aromatic rings. The average molecular weight is 455 g/mol. The van der Waals surface area contributed by atoms with E-state index in [1.165, 1.54) is 11.3 Å². The molecule has 0 unspecified atom stereocenters. The second kappa shape index (κ2) is 10.7. The fraction of sp³-hybridized carbons (Fsp3) is 0.250. The lowest BCUT2D eigenvalue weighted by atomic mass is 10.0. The second-order valence-corrected chi connectivity index (χ2v) is 7.74. The lowest BCUT2D eigenvalue weighted by Gasteiger charge is -2.11. The van der Waals surface area contributed by atoms with Crippen molar-refractivity contribution in [2.45, 2.75) is 20.3 Å². The van der Waals surface area contributed by atoms with E-state index in [0.717, 1.165) is 12.0 Å². The third kappa shape index (κ3) is 5.20. The van der Waals surface area contributed by atoms with Crippen LogP contribution in [-0.4, -0.2) is 32.2 Å². The Labute approximate surface area is 191 Å². The predicted molar refractivity (Wildman–Crippen MR) is 127 cm³/mol. The van der Waals surface area contributed by atoms with Gasteiger partial charge in [0.1, 0.15) is 22.1 Å². The zero-order valence-electron chi connectivity index (χ0n) is 18.3. The molecule has 1 heterocycles. The number of hydrogen-bond acceptors (Lipinski definition) is 7. The van der Waals surface area contributed by atoms with Crippen molar-refractivity contribution in [2.24, 2.45) is 0 Å². The predicted octanol–water partition coefficient (Wildman–Crippen LogP) is 5.22. The third-order valence-corrected chi connectivity index (χ3v) is 5.53. The Morgan fingerprint density at radius 1 is 1.09 bits per heavy atom. The maximum absolute atomic E-state index is 12.9. The number of anilines is 2. The van der Waals surface area contributed by atoms with Gasteiger partial charge in [-0.25, -0.2) is 4.79 Å². The van der Waals surface area contributed by atoms with Crippen LogP contribution in [0.15, 0.2) is 47.8 Å². The van der Waals surface area contributed by atoms with Crippen LogP contribution >= 0.6 is 11.3 Å². The zero-order valence-corrected chi connectivity index (χ0v) is 19.1. The van der Waals surface area contributed by atoms with Crippen molar-refractivity contribution in [1.82, 2.24) is 0 Å². The number of hydrogen-bond donors (Lipinski definition) is 2. The van der Waals surface area contributed by atoms with Gasteiger partial charge in [0.2, 0.25) is 0 Å². The summed E-state index contributed by atoms with van der Waals surface area (Å²) in [5.74, 6) is 0.359. The third-order valence-electron chi connectivity index (χ3n) is 4.63. The summed E-state index contributed by atoms with van der Waals surface area (Å²) in [5.41, 5.74) is 8.57. The highest BCUT2D eigenvalue weighted by molar-refractivity contribution is 7.15. The number of nitrogens with two attached hydrogens (primary N) is 1. The van der Waals surface area contributed by atoms with Gasteiger partial charge in [-0.05, 0) is 49.2 Å². The van der Waals surface area contributed by atoms with Crippen molar-refractivity contribution >= 4 is 33.9 Å². The van der Waals surface area contributed by atoms with E-state index in [0.29, 0.717) is 45.5 Å². The fourth-order valence-corrected chi connectivity index (χ4v) is 4.00. The molecule has 0 saturated carbocycles. The van der Waals surface area contributed by atoms with E-state index in [1.54, 1.807) is 32.2 Å². The number of methoxy groups -OCH3 is 1. The average Bonchev–Trinajstić information content (AvgIpc) is 3.22. The van der Waals surface area contributed by atoms with Crippen molar-refractivity contribution in [3.8, 4) is 22.6 Å². The van der Waals surface area contributed by atoms with Crippen molar-refractivity contribution in [1.29, 1.82) is 0 Å². The monoisotopic (exact) mass is 454 g/mol. The Bertz CT molecular complexity index is 1090. The van der Waals surface area contributed by atoms with Gasteiger partial charge in [-0.2, -0.15) is 0 Å². The topological polar surface area (TPSA) is 99.9 Å². The van der Waals surface area contributed by atoms with Crippen LogP contribution in [0.5, 0.6) is 11.5 Å². The number of ether oxygens (including phenoxy) is 3. The smallest absolute Gasteiger partial charge is 0.341 e. The highest BCUT2D eigenvalue weighted by atomic mass is 32.1. The summed E-state index contributed by atoms with van der Waals surface area (Å²) in [5, 5.41) is 5.05. The number of carbonyl (C=O) groups is 2. The van der Waals surface area contributed by atoms with Crippen LogP contribution in [0.2, 0.25) is 0 Å². The molecule has 3 rings (SSSR count). The summed E-state index contributed by atoms with van der Waals surface area (Å²) < 4.78 is 16.0. The maximum atomic E-state index is 12.9. The summed E-state index contributed by atoms with van der Waals surface area (Å²) in [6.07, 6.45) is 0.854. The highest BCUT2D eigenvalue weighted by Gasteiger charge is 2.23. The minimum Gasteiger partial charge on any atom is -0.497 e. The van der Waals surface area contributed by atoms with Gasteiger partial charge >= 0.3 is 5.97 Å². The number of benzene rings is 2. The summed E-state index contributed by atoms with van der Waals surface area (Å²) in [4.78, 5) is 25.6. The van der Waals surface area contributed by atoms with Gasteiger partial charge in [-0.15, -0.1) is 11.3 Å². The van der Waals surface area contributed by atoms with E-state index in [4.69, 9.17) is 19.9 Å². The highest BCUT2D eigenvalue weighted by Crippen LogP contribution is 2.37. The fourth-order valence-electron chi connectivity index (χ4n) is 3.05. The molecule has 8 heteroatoms. The summed E-state index contributed by atoms with van der Waals surface area (Å²) in [7, 11) is 1.59. The molecule has 0 spiro atoms. The lowest BCUT2D eigenvalue weighted by Crippen LogP contribution is -2.15. The van der Waals surface area contributed by atoms with E-state index in [2.05, 4.69) is 5.32 Å². The minimum atomic E-state index is -0.502. The summed E-state index contributed by atoms with van der Waals surface area (Å²) in [6.45, 7) is 4.50. The van der Waals surface area contributed by atoms with Gasteiger partial charge in [0.15, 0.2) is 0 Å². The van der Waals surface area contributed by atoms with Gasteiger partial charge < -0.3 is 25.3 Å². The van der Waals surface area contributed by atoms with Crippen LogP contribution in [0.4, 0.5) is 10.7 Å². The van der Waals surface area contributed by atoms with Crippen molar-refractivity contribution < 1.29 is 23.8 Å². The number of nitrogens with one attached hydrogen (secondary N) is 1. The van der Waals surface area contributed by atoms with E-state index < -0.39 is 5.97 Å². The Balaban J connectivity index is 1.90. The number of thiophene rings is 1. The molecule has 3 N–H and O–H groups in total. The van der Waals surface area contributed by atoms with Crippen LogP contribution < -0.4 is 20.5 Å². The number of esters is 1. The van der Waals surface area contributed by atoms with Gasteiger partial charge in [-0.1, -0.05) is 19.1 Å². The zero-order chi connectivity index (χ0) is 23.1. The molecule has 168 valence electrons. The van der Waals surface area contributed by atoms with E-state index in [1.807, 2.05) is 36.6 Å². The normalized spacial score (nSPS) is 10.5. The summed E-state index contributed by atoms with van der Waals surface area (Å²) >= 11 is 1.26. The SMILES string of the molecule is CCCOc1ccc(C(=O)Nc2scc(-c3ccc(OC)cc3)c2C(=O)OCC)cc1N. The van der Waals surface area contributed by atoms with Crippen LogP contribution in [0.25, 0.3) is 11.1 Å². The van der Waals surface area contributed by atoms with Crippen molar-refractivity contribution in [2.75, 3.05) is 31.4 Å². The molecular weight excluding hydrogens is 428 g/mol. The largest absolute Gasteiger partial charge is 0.497 e. The Morgan fingerprint density at radius 2 is 1.84 bits per heavy atom. The Morgan fingerprint density at radius 3 is 2.47 bits per heavy atom. The van der Waals surface area contributed by atoms with Crippen LogP contribution in [0.3, 0.4) is 0 Å². The van der Waals surface area contributed by atoms with Gasteiger partial charge in [0.25, 0.3) is 5.91 Å². The van der Waals surface area contributed by atoms with Crippen LogP contribution in [0.1, 0.15) is 41.0 Å². The lowest BCUT2D eigenvalue weighted by molar-refractivity contribution is 0.0529. The molecule has 0 bridgehead atoms. The minimum absolute atomic E-state index is 0.222. The molecule has 0 aliphatic rings. The molecule has 2 aromatic carbocycles. The molecule has 0 saturated heterocycles. The molecule has 1 aromatic heterocycles. The molecule has 1 amide bonds. The van der Waals surface area contributed by atoms with Crippen LogP contribution in [0, 0.1) is 0 Å². The van der Waals surface area contributed by atoms with Gasteiger partial charge in [0.05, 0.1) is 26.0 Å². The molecule has 0 aliphatic heterocycles. The molecule has 0 atom stereocenters. The molecule has 0 aliphatic carbocycles. The molecule has 7 nitrogen and oxygen atoms in total. The van der Waals surface area contributed by atoms with Gasteiger partial charge in [-0.3, -0.25) is 4.79 Å². The molecular formula is C24H26N2O5S.